The maximum Gasteiger partial charge on any atom is 0.297 e. The fourth-order valence-electron chi connectivity index (χ4n) is 3.93. The molecule has 0 fully saturated rings. The molecule has 0 heterocycles. The Morgan fingerprint density at radius 2 is 1.56 bits per heavy atom. The van der Waals surface area contributed by atoms with Crippen molar-refractivity contribution < 1.29 is 31.0 Å². The quantitative estimate of drug-likeness (QED) is 0.175. The summed E-state index contributed by atoms with van der Waals surface area (Å²) < 4.78 is 67.1. The highest BCUT2D eigenvalue weighted by Gasteiger charge is 2.24. The molecule has 4 aromatic rings. The van der Waals surface area contributed by atoms with E-state index in [1.165, 1.54) is 18.2 Å². The van der Waals surface area contributed by atoms with Crippen molar-refractivity contribution in [3.05, 3.63) is 59.7 Å². The third kappa shape index (κ3) is 4.07. The molecule has 0 saturated heterocycles. The third-order valence-corrected chi connectivity index (χ3v) is 7.15. The van der Waals surface area contributed by atoms with Crippen LogP contribution in [-0.4, -0.2) is 31.0 Å². The first kappa shape index (κ1) is 23.6. The molecular formula is C22H19N3O7S2. The molecule has 0 atom stereocenters. The lowest BCUT2D eigenvalue weighted by molar-refractivity contribution is 0.481. The molecule has 12 heteroatoms. The van der Waals surface area contributed by atoms with Gasteiger partial charge in [-0.2, -0.15) is 16.8 Å². The van der Waals surface area contributed by atoms with Gasteiger partial charge in [0.05, 0.1) is 0 Å². The number of nitrogens with zero attached hydrogens (tertiary/aromatic N) is 2. The van der Waals surface area contributed by atoms with Crippen molar-refractivity contribution in [1.29, 1.82) is 0 Å². The van der Waals surface area contributed by atoms with Crippen LogP contribution < -0.4 is 5.73 Å². The molecule has 0 saturated carbocycles. The van der Waals surface area contributed by atoms with Crippen LogP contribution >= 0.6 is 0 Å². The predicted molar refractivity (Wildman–Crippen MR) is 127 cm³/mol. The van der Waals surface area contributed by atoms with E-state index in [9.17, 15) is 31.0 Å². The van der Waals surface area contributed by atoms with Crippen molar-refractivity contribution in [2.75, 3.05) is 5.73 Å². The van der Waals surface area contributed by atoms with E-state index in [1.807, 2.05) is 13.0 Å². The number of azo groups is 1. The molecule has 176 valence electrons. The maximum atomic E-state index is 12.2. The Bertz CT molecular complexity index is 1750. The van der Waals surface area contributed by atoms with Gasteiger partial charge in [-0.25, -0.2) is 0 Å². The summed E-state index contributed by atoms with van der Waals surface area (Å²) in [5.74, 6) is -0.251. The third-order valence-electron chi connectivity index (χ3n) is 5.30. The summed E-state index contributed by atoms with van der Waals surface area (Å²) in [6.45, 7) is 3.54. The molecule has 0 bridgehead atoms. The average molecular weight is 502 g/mol. The fraction of sp³-hybridized carbons (Fsp3) is 0.0909. The van der Waals surface area contributed by atoms with Gasteiger partial charge in [0, 0.05) is 21.8 Å². The maximum absolute atomic E-state index is 12.2. The van der Waals surface area contributed by atoms with Gasteiger partial charge < -0.3 is 10.8 Å². The van der Waals surface area contributed by atoms with Crippen LogP contribution in [-0.2, 0) is 20.2 Å². The van der Waals surface area contributed by atoms with Crippen LogP contribution in [0.4, 0.5) is 17.1 Å². The first-order chi connectivity index (χ1) is 15.8. The molecule has 0 aliphatic carbocycles. The molecule has 4 aromatic carbocycles. The van der Waals surface area contributed by atoms with E-state index >= 15 is 0 Å². The highest BCUT2D eigenvalue weighted by molar-refractivity contribution is 7.86. The lowest BCUT2D eigenvalue weighted by Gasteiger charge is -2.11. The smallest absolute Gasteiger partial charge is 0.297 e. The number of hydrogen-bond donors (Lipinski definition) is 4. The van der Waals surface area contributed by atoms with E-state index in [0.29, 0.717) is 22.0 Å². The topological polar surface area (TPSA) is 180 Å². The van der Waals surface area contributed by atoms with E-state index in [4.69, 9.17) is 5.73 Å². The van der Waals surface area contributed by atoms with E-state index in [1.54, 1.807) is 19.1 Å². The molecular weight excluding hydrogens is 482 g/mol. The summed E-state index contributed by atoms with van der Waals surface area (Å²) in [4.78, 5) is -1.24. The summed E-state index contributed by atoms with van der Waals surface area (Å²) in [7, 11) is -9.58. The Hall–Kier alpha value is -3.58. The Kier molecular flexibility index (Phi) is 5.56. The minimum absolute atomic E-state index is 0.0381. The number of aromatic hydroxyl groups is 1. The number of nitrogens with two attached hydrogens (primary N) is 1. The number of aryl methyl sites for hydroxylation is 2. The number of hydrogen-bond acceptors (Lipinski definition) is 8. The number of benzene rings is 4. The summed E-state index contributed by atoms with van der Waals surface area (Å²) in [6, 6.07) is 11.2. The van der Waals surface area contributed by atoms with E-state index < -0.39 is 30.0 Å². The van der Waals surface area contributed by atoms with Crippen LogP contribution in [0, 0.1) is 13.8 Å². The fourth-order valence-corrected chi connectivity index (χ4v) is 5.47. The molecule has 0 spiro atoms. The predicted octanol–water partition coefficient (Wildman–Crippen LogP) is 4.81. The molecule has 5 N–H and O–H groups in total. The monoisotopic (exact) mass is 501 g/mol. The average Bonchev–Trinajstić information content (AvgIpc) is 2.70. The normalized spacial score (nSPS) is 12.7. The van der Waals surface area contributed by atoms with E-state index in [0.717, 1.165) is 17.7 Å². The Balaban J connectivity index is 1.98. The molecule has 0 aliphatic heterocycles. The number of phenolic OH excluding ortho intramolecular Hbond substituents is 1. The minimum atomic E-state index is -4.91. The first-order valence-electron chi connectivity index (χ1n) is 9.74. The van der Waals surface area contributed by atoms with Crippen molar-refractivity contribution in [2.45, 2.75) is 23.6 Å². The van der Waals surface area contributed by atoms with Crippen molar-refractivity contribution >= 4 is 58.8 Å². The molecule has 0 unspecified atom stereocenters. The SMILES string of the molecule is Cc1cc(N)c2c(O)c(N=Nc3ccc4c(S(=O)(=O)O)cccc4c3S(=O)(=O)O)c(C)cc2c1. The first-order valence-corrected chi connectivity index (χ1v) is 12.6. The van der Waals surface area contributed by atoms with Gasteiger partial charge in [0.1, 0.15) is 21.2 Å². The zero-order chi connectivity index (χ0) is 25.0. The molecule has 0 radical (unpaired) electrons. The van der Waals surface area contributed by atoms with Crippen molar-refractivity contribution in [3.8, 4) is 5.75 Å². The van der Waals surface area contributed by atoms with Gasteiger partial charge in [-0.3, -0.25) is 9.11 Å². The Labute approximate surface area is 194 Å². The largest absolute Gasteiger partial charge is 0.505 e. The van der Waals surface area contributed by atoms with Crippen LogP contribution in [0.25, 0.3) is 21.5 Å². The van der Waals surface area contributed by atoms with Crippen LogP contribution in [0.15, 0.2) is 68.6 Å². The van der Waals surface area contributed by atoms with Gasteiger partial charge >= 0.3 is 0 Å². The lowest BCUT2D eigenvalue weighted by atomic mass is 10.0. The highest BCUT2D eigenvalue weighted by Crippen LogP contribution is 2.43. The second-order valence-electron chi connectivity index (χ2n) is 7.76. The van der Waals surface area contributed by atoms with Crippen LogP contribution in [0.1, 0.15) is 11.1 Å². The van der Waals surface area contributed by atoms with Gasteiger partial charge in [0.25, 0.3) is 20.2 Å². The molecule has 10 nitrogen and oxygen atoms in total. The molecule has 0 aliphatic rings. The molecule has 0 aromatic heterocycles. The number of anilines is 1. The second kappa shape index (κ2) is 8.02. The molecule has 0 amide bonds. The van der Waals surface area contributed by atoms with Gasteiger partial charge in [0.15, 0.2) is 5.75 Å². The van der Waals surface area contributed by atoms with Crippen molar-refractivity contribution in [1.82, 2.24) is 0 Å². The summed E-state index contributed by atoms with van der Waals surface area (Å²) in [5, 5.41) is 19.5. The molecule has 4 rings (SSSR count). The van der Waals surface area contributed by atoms with Crippen molar-refractivity contribution in [3.63, 3.8) is 0 Å². The van der Waals surface area contributed by atoms with Crippen molar-refractivity contribution in [2.24, 2.45) is 10.2 Å². The van der Waals surface area contributed by atoms with E-state index in [-0.39, 0.29) is 27.9 Å². The second-order valence-corrected chi connectivity index (χ2v) is 10.5. The highest BCUT2D eigenvalue weighted by atomic mass is 32.2. The zero-order valence-corrected chi connectivity index (χ0v) is 19.5. The lowest BCUT2D eigenvalue weighted by Crippen LogP contribution is -2.03. The van der Waals surface area contributed by atoms with E-state index in [2.05, 4.69) is 10.2 Å². The van der Waals surface area contributed by atoms with Gasteiger partial charge in [-0.05, 0) is 54.6 Å². The number of fused-ring (bicyclic) bond motifs is 2. The summed E-state index contributed by atoms with van der Waals surface area (Å²) in [6.07, 6.45) is 0. The summed E-state index contributed by atoms with van der Waals surface area (Å²) >= 11 is 0. The molecule has 34 heavy (non-hydrogen) atoms. The minimum Gasteiger partial charge on any atom is -0.505 e. The van der Waals surface area contributed by atoms with Crippen LogP contribution in [0.3, 0.4) is 0 Å². The zero-order valence-electron chi connectivity index (χ0n) is 17.9. The summed E-state index contributed by atoms with van der Waals surface area (Å²) in [5.41, 5.74) is 7.55. The number of rotatable bonds is 4. The Morgan fingerprint density at radius 3 is 2.21 bits per heavy atom. The van der Waals surface area contributed by atoms with Gasteiger partial charge in [0.2, 0.25) is 0 Å². The standard InChI is InChI=1S/C22H19N3O7S2/c1-11-8-13-10-12(2)20(21(26)19(13)16(23)9-11)25-24-17-7-6-14-15(22(17)34(30,31)32)4-3-5-18(14)33(27,28)29/h3-10,26H,23H2,1-2H3,(H,27,28,29)(H,30,31,32). The van der Waals surface area contributed by atoms with Crippen LogP contribution in [0.2, 0.25) is 0 Å². The van der Waals surface area contributed by atoms with Gasteiger partial charge in [-0.1, -0.05) is 24.3 Å². The van der Waals surface area contributed by atoms with Crippen LogP contribution in [0.5, 0.6) is 5.75 Å². The van der Waals surface area contributed by atoms with Gasteiger partial charge in [-0.15, -0.1) is 10.2 Å². The Morgan fingerprint density at radius 1 is 0.853 bits per heavy atom. The number of nitrogen functional groups attached to an aromatic ring is 1. The number of phenols is 1.